The van der Waals surface area contributed by atoms with Gasteiger partial charge in [-0.25, -0.2) is 0 Å². The van der Waals surface area contributed by atoms with Crippen LogP contribution in [0.4, 0.5) is 0 Å². The summed E-state index contributed by atoms with van der Waals surface area (Å²) in [5.74, 6) is 1.01. The van der Waals surface area contributed by atoms with E-state index < -0.39 is 0 Å². The molecule has 0 bridgehead atoms. The fourth-order valence-electron chi connectivity index (χ4n) is 2.44. The van der Waals surface area contributed by atoms with Crippen molar-refractivity contribution in [1.82, 2.24) is 5.32 Å². The molecule has 1 heterocycles. The molecule has 4 nitrogen and oxygen atoms in total. The molecular formula is C14H21NO3. The SMILES string of the molecule is CCOC(=O)CCCNC1CCCc2occc21. The van der Waals surface area contributed by atoms with Crippen LogP contribution in [0.2, 0.25) is 0 Å². The van der Waals surface area contributed by atoms with E-state index in [1.807, 2.05) is 6.92 Å². The minimum atomic E-state index is -0.105. The average molecular weight is 251 g/mol. The molecule has 100 valence electrons. The summed E-state index contributed by atoms with van der Waals surface area (Å²) in [6.45, 7) is 3.14. The summed E-state index contributed by atoms with van der Waals surface area (Å²) in [6, 6.07) is 2.44. The molecule has 1 aromatic heterocycles. The predicted molar refractivity (Wildman–Crippen MR) is 68.3 cm³/mol. The minimum absolute atomic E-state index is 0.105. The third kappa shape index (κ3) is 3.35. The molecule has 2 rings (SSSR count). The third-order valence-corrected chi connectivity index (χ3v) is 3.31. The first-order chi connectivity index (χ1) is 8.81. The Morgan fingerprint density at radius 1 is 1.61 bits per heavy atom. The molecule has 0 radical (unpaired) electrons. The van der Waals surface area contributed by atoms with Gasteiger partial charge >= 0.3 is 5.97 Å². The van der Waals surface area contributed by atoms with Crippen molar-refractivity contribution in [3.05, 3.63) is 23.7 Å². The summed E-state index contributed by atoms with van der Waals surface area (Å²) in [7, 11) is 0. The standard InChI is InChI=1S/C14H21NO3/c1-2-17-14(16)7-4-9-15-12-5-3-6-13-11(12)8-10-18-13/h8,10,12,15H,2-7,9H2,1H3. The van der Waals surface area contributed by atoms with Gasteiger partial charge in [-0.2, -0.15) is 0 Å². The Labute approximate surface area is 108 Å². The van der Waals surface area contributed by atoms with Crippen molar-refractivity contribution in [2.75, 3.05) is 13.2 Å². The number of furan rings is 1. The predicted octanol–water partition coefficient (Wildman–Crippen LogP) is 2.59. The topological polar surface area (TPSA) is 51.5 Å². The molecule has 0 saturated heterocycles. The Morgan fingerprint density at radius 2 is 2.50 bits per heavy atom. The number of esters is 1. The van der Waals surface area contributed by atoms with E-state index in [9.17, 15) is 4.79 Å². The zero-order valence-corrected chi connectivity index (χ0v) is 10.9. The van der Waals surface area contributed by atoms with Gasteiger partial charge in [-0.15, -0.1) is 0 Å². The molecule has 1 atom stereocenters. The van der Waals surface area contributed by atoms with Crippen molar-refractivity contribution in [3.8, 4) is 0 Å². The summed E-state index contributed by atoms with van der Waals surface area (Å²) >= 11 is 0. The van der Waals surface area contributed by atoms with Crippen LogP contribution in [0, 0.1) is 0 Å². The molecule has 0 amide bonds. The molecule has 1 unspecified atom stereocenters. The first-order valence-corrected chi connectivity index (χ1v) is 6.76. The number of hydrogen-bond donors (Lipinski definition) is 1. The van der Waals surface area contributed by atoms with Gasteiger partial charge in [-0.1, -0.05) is 0 Å². The highest BCUT2D eigenvalue weighted by Crippen LogP contribution is 2.30. The molecule has 0 saturated carbocycles. The summed E-state index contributed by atoms with van der Waals surface area (Å²) < 4.78 is 10.3. The Bertz CT molecular complexity index is 386. The van der Waals surface area contributed by atoms with Crippen LogP contribution in [-0.4, -0.2) is 19.1 Å². The van der Waals surface area contributed by atoms with E-state index in [0.29, 0.717) is 19.1 Å². The van der Waals surface area contributed by atoms with E-state index in [0.717, 1.165) is 38.0 Å². The number of rotatable bonds is 6. The van der Waals surface area contributed by atoms with Crippen LogP contribution < -0.4 is 5.32 Å². The molecule has 0 spiro atoms. The fraction of sp³-hybridized carbons (Fsp3) is 0.643. The third-order valence-electron chi connectivity index (χ3n) is 3.31. The molecule has 0 aliphatic heterocycles. The number of carbonyl (C=O) groups excluding carboxylic acids is 1. The lowest BCUT2D eigenvalue weighted by molar-refractivity contribution is -0.143. The molecule has 4 heteroatoms. The summed E-state index contributed by atoms with van der Waals surface area (Å²) in [6.07, 6.45) is 6.43. The van der Waals surface area contributed by atoms with Crippen LogP contribution in [0.1, 0.15) is 50.0 Å². The molecule has 0 fully saturated rings. The van der Waals surface area contributed by atoms with E-state index >= 15 is 0 Å². The van der Waals surface area contributed by atoms with Crippen molar-refractivity contribution in [2.24, 2.45) is 0 Å². The summed E-state index contributed by atoms with van der Waals surface area (Å²) in [5.41, 5.74) is 1.29. The van der Waals surface area contributed by atoms with E-state index in [2.05, 4.69) is 11.4 Å². The van der Waals surface area contributed by atoms with Gasteiger partial charge in [0.2, 0.25) is 0 Å². The van der Waals surface area contributed by atoms with E-state index in [1.54, 1.807) is 6.26 Å². The molecular weight excluding hydrogens is 230 g/mol. The Balaban J connectivity index is 1.71. The highest BCUT2D eigenvalue weighted by Gasteiger charge is 2.21. The van der Waals surface area contributed by atoms with Crippen molar-refractivity contribution in [1.29, 1.82) is 0 Å². The zero-order valence-electron chi connectivity index (χ0n) is 10.9. The van der Waals surface area contributed by atoms with Crippen molar-refractivity contribution < 1.29 is 13.9 Å². The second kappa shape index (κ2) is 6.59. The highest BCUT2D eigenvalue weighted by molar-refractivity contribution is 5.69. The molecule has 1 aliphatic carbocycles. The number of fused-ring (bicyclic) bond motifs is 1. The van der Waals surface area contributed by atoms with Crippen LogP contribution in [0.3, 0.4) is 0 Å². The maximum atomic E-state index is 11.2. The number of aryl methyl sites for hydroxylation is 1. The quantitative estimate of drug-likeness (QED) is 0.623. The van der Waals surface area contributed by atoms with E-state index in [4.69, 9.17) is 9.15 Å². The first-order valence-electron chi connectivity index (χ1n) is 6.76. The van der Waals surface area contributed by atoms with E-state index in [-0.39, 0.29) is 5.97 Å². The lowest BCUT2D eigenvalue weighted by Crippen LogP contribution is -2.25. The second-order valence-corrected chi connectivity index (χ2v) is 4.61. The fourth-order valence-corrected chi connectivity index (χ4v) is 2.44. The zero-order chi connectivity index (χ0) is 12.8. The second-order valence-electron chi connectivity index (χ2n) is 4.61. The molecule has 1 aliphatic rings. The van der Waals surface area contributed by atoms with Crippen molar-refractivity contribution in [3.63, 3.8) is 0 Å². The Morgan fingerprint density at radius 3 is 3.33 bits per heavy atom. The highest BCUT2D eigenvalue weighted by atomic mass is 16.5. The normalized spacial score (nSPS) is 18.4. The van der Waals surface area contributed by atoms with Gasteiger partial charge in [-0.3, -0.25) is 4.79 Å². The van der Waals surface area contributed by atoms with Gasteiger partial charge in [0.1, 0.15) is 5.76 Å². The summed E-state index contributed by atoms with van der Waals surface area (Å²) in [5, 5.41) is 3.49. The molecule has 1 N–H and O–H groups in total. The lowest BCUT2D eigenvalue weighted by atomic mass is 9.93. The van der Waals surface area contributed by atoms with Crippen molar-refractivity contribution >= 4 is 5.97 Å². The Hall–Kier alpha value is -1.29. The van der Waals surface area contributed by atoms with Crippen LogP contribution >= 0.6 is 0 Å². The van der Waals surface area contributed by atoms with Crippen LogP contribution in [0.5, 0.6) is 0 Å². The van der Waals surface area contributed by atoms with Gasteiger partial charge in [-0.05, 0) is 38.8 Å². The van der Waals surface area contributed by atoms with Crippen LogP contribution in [0.15, 0.2) is 16.7 Å². The molecule has 1 aromatic rings. The first kappa shape index (κ1) is 13.1. The van der Waals surface area contributed by atoms with Gasteiger partial charge in [0, 0.05) is 24.4 Å². The number of nitrogens with one attached hydrogen (secondary N) is 1. The van der Waals surface area contributed by atoms with Gasteiger partial charge in [0.05, 0.1) is 12.9 Å². The monoisotopic (exact) mass is 251 g/mol. The number of hydrogen-bond acceptors (Lipinski definition) is 4. The molecule has 18 heavy (non-hydrogen) atoms. The largest absolute Gasteiger partial charge is 0.469 e. The maximum absolute atomic E-state index is 11.2. The smallest absolute Gasteiger partial charge is 0.305 e. The van der Waals surface area contributed by atoms with Crippen LogP contribution in [0.25, 0.3) is 0 Å². The Kier molecular flexibility index (Phi) is 4.81. The lowest BCUT2D eigenvalue weighted by Gasteiger charge is -2.22. The molecule has 0 aromatic carbocycles. The average Bonchev–Trinajstić information content (AvgIpc) is 2.84. The number of carbonyl (C=O) groups is 1. The van der Waals surface area contributed by atoms with Gasteiger partial charge < -0.3 is 14.5 Å². The van der Waals surface area contributed by atoms with E-state index in [1.165, 1.54) is 5.56 Å². The van der Waals surface area contributed by atoms with Gasteiger partial charge in [0.15, 0.2) is 0 Å². The number of ether oxygens (including phenoxy) is 1. The summed E-state index contributed by atoms with van der Waals surface area (Å²) in [4.78, 5) is 11.2. The van der Waals surface area contributed by atoms with Crippen LogP contribution in [-0.2, 0) is 16.0 Å². The van der Waals surface area contributed by atoms with Gasteiger partial charge in [0.25, 0.3) is 0 Å². The van der Waals surface area contributed by atoms with Crippen molar-refractivity contribution in [2.45, 2.75) is 45.1 Å². The maximum Gasteiger partial charge on any atom is 0.305 e. The minimum Gasteiger partial charge on any atom is -0.469 e.